The van der Waals surface area contributed by atoms with Gasteiger partial charge >= 0.3 is 0 Å². The van der Waals surface area contributed by atoms with Crippen molar-refractivity contribution >= 4 is 22.7 Å². The Bertz CT molecular complexity index is 2690. The Morgan fingerprint density at radius 1 is 0.509 bits per heavy atom. The summed E-state index contributed by atoms with van der Waals surface area (Å²) in [6.45, 7) is 7.41. The number of fused-ring (bicyclic) bond motifs is 4. The van der Waals surface area contributed by atoms with Crippen LogP contribution in [0.1, 0.15) is 49.1 Å². The maximum atomic E-state index is 6.76. The second-order valence-electron chi connectivity index (χ2n) is 16.0. The number of para-hydroxylation sites is 3. The monoisotopic (exact) mass is 737 g/mol. The molecule has 0 N–H and O–H groups in total. The van der Waals surface area contributed by atoms with Crippen molar-refractivity contribution in [2.75, 3.05) is 16.5 Å². The molecule has 1 aromatic heterocycles. The van der Waals surface area contributed by atoms with Gasteiger partial charge in [-0.1, -0.05) is 148 Å². The first-order valence-electron chi connectivity index (χ1n) is 19.8. The third kappa shape index (κ3) is 6.24. The van der Waals surface area contributed by atoms with E-state index in [2.05, 4.69) is 213 Å². The fourth-order valence-corrected chi connectivity index (χ4v) is 8.65. The van der Waals surface area contributed by atoms with Crippen LogP contribution in [-0.2, 0) is 5.41 Å². The maximum Gasteiger partial charge on any atom is 0.129 e. The summed E-state index contributed by atoms with van der Waals surface area (Å²) in [5, 5.41) is 0. The molecule has 2 aliphatic rings. The van der Waals surface area contributed by atoms with Crippen LogP contribution in [0.2, 0.25) is 0 Å². The molecule has 0 radical (unpaired) electrons. The van der Waals surface area contributed by atoms with Gasteiger partial charge < -0.3 is 14.5 Å². The van der Waals surface area contributed by atoms with E-state index in [4.69, 9.17) is 9.72 Å². The summed E-state index contributed by atoms with van der Waals surface area (Å²) in [5.74, 6) is 1.63. The van der Waals surface area contributed by atoms with E-state index in [0.29, 0.717) is 6.67 Å². The third-order valence-electron chi connectivity index (χ3n) is 11.4. The van der Waals surface area contributed by atoms with Gasteiger partial charge in [-0.15, -0.1) is 0 Å². The number of pyridine rings is 1. The van der Waals surface area contributed by atoms with Gasteiger partial charge in [-0.2, -0.15) is 0 Å². The summed E-state index contributed by atoms with van der Waals surface area (Å²) < 4.78 is 6.76. The van der Waals surface area contributed by atoms with Gasteiger partial charge in [0, 0.05) is 29.1 Å². The van der Waals surface area contributed by atoms with E-state index < -0.39 is 0 Å². The van der Waals surface area contributed by atoms with Gasteiger partial charge in [0.2, 0.25) is 0 Å². The summed E-state index contributed by atoms with van der Waals surface area (Å²) in [6.07, 6.45) is 1.96. The Balaban J connectivity index is 1.01. The number of benzene rings is 7. The Morgan fingerprint density at radius 2 is 1.11 bits per heavy atom. The average Bonchev–Trinajstić information content (AvgIpc) is 3.80. The molecule has 1 aliphatic heterocycles. The van der Waals surface area contributed by atoms with Crippen LogP contribution in [-0.4, -0.2) is 11.7 Å². The van der Waals surface area contributed by atoms with Crippen LogP contribution in [0.5, 0.6) is 11.5 Å². The molecule has 0 fully saturated rings. The van der Waals surface area contributed by atoms with Crippen molar-refractivity contribution in [3.8, 4) is 44.9 Å². The molecule has 0 amide bonds. The molecular weight excluding hydrogens is 695 g/mol. The molecule has 10 rings (SSSR count). The van der Waals surface area contributed by atoms with Gasteiger partial charge in [0.15, 0.2) is 0 Å². The van der Waals surface area contributed by atoms with Crippen LogP contribution in [0.15, 0.2) is 188 Å². The van der Waals surface area contributed by atoms with Crippen LogP contribution in [0.3, 0.4) is 0 Å². The van der Waals surface area contributed by atoms with Gasteiger partial charge in [0.05, 0.1) is 28.7 Å². The molecule has 0 bridgehead atoms. The molecule has 1 atom stereocenters. The first-order valence-corrected chi connectivity index (χ1v) is 19.8. The van der Waals surface area contributed by atoms with Gasteiger partial charge in [0.1, 0.15) is 18.2 Å². The second kappa shape index (κ2) is 14.0. The molecule has 0 spiro atoms. The largest absolute Gasteiger partial charge is 0.457 e. The quantitative estimate of drug-likeness (QED) is 0.163. The molecule has 276 valence electrons. The van der Waals surface area contributed by atoms with Crippen molar-refractivity contribution < 1.29 is 4.74 Å². The lowest BCUT2D eigenvalue weighted by Gasteiger charge is -2.27. The first kappa shape index (κ1) is 34.6. The number of aromatic nitrogens is 1. The Morgan fingerprint density at radius 3 is 1.82 bits per heavy atom. The average molecular weight is 738 g/mol. The Labute approximate surface area is 335 Å². The molecule has 4 heteroatoms. The van der Waals surface area contributed by atoms with E-state index in [-0.39, 0.29) is 11.3 Å². The predicted molar refractivity (Wildman–Crippen MR) is 235 cm³/mol. The smallest absolute Gasteiger partial charge is 0.129 e. The maximum absolute atomic E-state index is 6.76. The first-order chi connectivity index (χ1) is 27.9. The van der Waals surface area contributed by atoms with E-state index in [0.717, 1.165) is 34.3 Å². The minimum absolute atomic E-state index is 0.0248. The number of hydrogen-bond acceptors (Lipinski definition) is 4. The molecule has 2 heterocycles. The Kier molecular flexibility index (Phi) is 8.48. The van der Waals surface area contributed by atoms with Crippen molar-refractivity contribution in [3.63, 3.8) is 0 Å². The summed E-state index contributed by atoms with van der Waals surface area (Å²) in [5.41, 5.74) is 16.7. The van der Waals surface area contributed by atoms with Gasteiger partial charge in [-0.3, -0.25) is 4.98 Å². The SMILES string of the molecule is CC(C)(C)c1ccnc(C2c3ccccc3-c3ccc(Oc4cccc(N5CN(c6c(-c7ccccc7)cccc6-c6ccccc6)c6ccccc65)c4)cc32)c1. The van der Waals surface area contributed by atoms with Crippen LogP contribution in [0.4, 0.5) is 22.7 Å². The molecule has 1 aliphatic carbocycles. The van der Waals surface area contributed by atoms with Crippen molar-refractivity contribution in [2.45, 2.75) is 32.1 Å². The Hall–Kier alpha value is -6.91. The number of nitrogens with zero attached hydrogens (tertiary/aromatic N) is 3. The van der Waals surface area contributed by atoms with Gasteiger partial charge in [0.25, 0.3) is 0 Å². The molecular formula is C53H43N3O. The van der Waals surface area contributed by atoms with Crippen LogP contribution in [0.25, 0.3) is 33.4 Å². The van der Waals surface area contributed by atoms with Crippen LogP contribution >= 0.6 is 0 Å². The van der Waals surface area contributed by atoms with Crippen LogP contribution < -0.4 is 14.5 Å². The standard InChI is InChI=1S/C53H43N3O/c1-53(2,3)38-30-31-54-48(32-38)51-46-23-11-10-22-44(46)45-29-28-41(34-47(45)51)57-40-21-14-20-39(33-40)55-35-56(50-27-13-12-26-49(50)55)52-42(36-16-6-4-7-17-36)24-15-25-43(52)37-18-8-5-9-19-37/h4-34,51H,35H2,1-3H3. The molecule has 0 saturated carbocycles. The van der Waals surface area contributed by atoms with Crippen molar-refractivity contribution in [3.05, 3.63) is 211 Å². The third-order valence-corrected chi connectivity index (χ3v) is 11.4. The van der Waals surface area contributed by atoms with Crippen molar-refractivity contribution in [1.29, 1.82) is 0 Å². The minimum Gasteiger partial charge on any atom is -0.457 e. The van der Waals surface area contributed by atoms with Gasteiger partial charge in [-0.05, 0) is 92.9 Å². The van der Waals surface area contributed by atoms with Crippen molar-refractivity contribution in [2.24, 2.45) is 0 Å². The zero-order valence-corrected chi connectivity index (χ0v) is 32.4. The van der Waals surface area contributed by atoms with E-state index >= 15 is 0 Å². The van der Waals surface area contributed by atoms with Gasteiger partial charge in [-0.25, -0.2) is 0 Å². The fraction of sp³-hybridized carbons (Fsp3) is 0.113. The van der Waals surface area contributed by atoms with E-state index in [1.807, 2.05) is 6.20 Å². The summed E-state index contributed by atoms with van der Waals surface area (Å²) >= 11 is 0. The molecule has 57 heavy (non-hydrogen) atoms. The number of hydrogen-bond donors (Lipinski definition) is 0. The number of anilines is 4. The van der Waals surface area contributed by atoms with E-state index in [1.165, 1.54) is 55.8 Å². The van der Waals surface area contributed by atoms with Crippen molar-refractivity contribution in [1.82, 2.24) is 4.98 Å². The summed E-state index contributed by atoms with van der Waals surface area (Å²) in [7, 11) is 0. The normalized spacial score (nSPS) is 14.3. The number of ether oxygens (including phenoxy) is 1. The fourth-order valence-electron chi connectivity index (χ4n) is 8.65. The highest BCUT2D eigenvalue weighted by Gasteiger charge is 2.33. The summed E-state index contributed by atoms with van der Waals surface area (Å²) in [6, 6.07) is 65.0. The highest BCUT2D eigenvalue weighted by molar-refractivity contribution is 5.98. The molecule has 4 nitrogen and oxygen atoms in total. The second-order valence-corrected chi connectivity index (χ2v) is 16.0. The predicted octanol–water partition coefficient (Wildman–Crippen LogP) is 13.9. The lowest BCUT2D eigenvalue weighted by Crippen LogP contribution is -2.24. The highest BCUT2D eigenvalue weighted by atomic mass is 16.5. The highest BCUT2D eigenvalue weighted by Crippen LogP contribution is 2.51. The lowest BCUT2D eigenvalue weighted by atomic mass is 9.85. The lowest BCUT2D eigenvalue weighted by molar-refractivity contribution is 0.482. The summed E-state index contributed by atoms with van der Waals surface area (Å²) in [4.78, 5) is 9.80. The van der Waals surface area contributed by atoms with E-state index in [9.17, 15) is 0 Å². The minimum atomic E-state index is 0.0248. The van der Waals surface area contributed by atoms with Crippen LogP contribution in [0, 0.1) is 0 Å². The zero-order valence-electron chi connectivity index (χ0n) is 32.4. The molecule has 8 aromatic rings. The topological polar surface area (TPSA) is 28.6 Å². The number of rotatable bonds is 7. The zero-order chi connectivity index (χ0) is 38.5. The van der Waals surface area contributed by atoms with E-state index in [1.54, 1.807) is 0 Å². The molecule has 7 aromatic carbocycles. The molecule has 0 saturated heterocycles. The molecule has 1 unspecified atom stereocenters.